The molecule has 0 aromatic heterocycles. The van der Waals surface area contributed by atoms with Gasteiger partial charge < -0.3 is 9.47 Å². The average molecular weight is 289 g/mol. The Bertz CT molecular complexity index is 472. The van der Waals surface area contributed by atoms with Gasteiger partial charge in [-0.3, -0.25) is 0 Å². The van der Waals surface area contributed by atoms with Crippen molar-refractivity contribution < 1.29 is 9.47 Å². The van der Waals surface area contributed by atoms with Gasteiger partial charge in [-0.05, 0) is 56.3 Å². The number of methoxy groups -OCH3 is 2. The molecule has 0 N–H and O–H groups in total. The number of nitriles is 1. The molecule has 4 fully saturated rings. The highest BCUT2D eigenvalue weighted by molar-refractivity contribution is 5.19. The molecule has 4 rings (SSSR count). The summed E-state index contributed by atoms with van der Waals surface area (Å²) in [5.74, 6) is 2.72. The molecule has 0 aromatic rings. The fourth-order valence-corrected chi connectivity index (χ4v) is 6.39. The summed E-state index contributed by atoms with van der Waals surface area (Å²) in [5, 5.41) is 9.74. The molecule has 0 aliphatic heterocycles. The van der Waals surface area contributed by atoms with Crippen LogP contribution < -0.4 is 0 Å². The van der Waals surface area contributed by atoms with Crippen molar-refractivity contribution in [3.63, 3.8) is 0 Å². The van der Waals surface area contributed by atoms with Crippen molar-refractivity contribution >= 4 is 0 Å². The van der Waals surface area contributed by atoms with Gasteiger partial charge in [0.1, 0.15) is 0 Å². The summed E-state index contributed by atoms with van der Waals surface area (Å²) >= 11 is 0. The van der Waals surface area contributed by atoms with E-state index >= 15 is 0 Å². The van der Waals surface area contributed by atoms with Gasteiger partial charge >= 0.3 is 0 Å². The zero-order valence-electron chi connectivity index (χ0n) is 13.3. The van der Waals surface area contributed by atoms with Gasteiger partial charge in [0.05, 0.1) is 23.2 Å². The maximum Gasteiger partial charge on any atom is 0.0768 e. The van der Waals surface area contributed by atoms with E-state index in [9.17, 15) is 5.26 Å². The quantitative estimate of drug-likeness (QED) is 0.781. The summed E-state index contributed by atoms with van der Waals surface area (Å²) in [5.41, 5.74) is -0.115. The van der Waals surface area contributed by atoms with Gasteiger partial charge in [-0.1, -0.05) is 12.8 Å². The highest BCUT2D eigenvalue weighted by Crippen LogP contribution is 2.67. The van der Waals surface area contributed by atoms with E-state index in [0.29, 0.717) is 11.8 Å². The molecule has 7 atom stereocenters. The first-order valence-electron chi connectivity index (χ1n) is 8.69. The smallest absolute Gasteiger partial charge is 0.0768 e. The lowest BCUT2D eigenvalue weighted by atomic mass is 9.63. The van der Waals surface area contributed by atoms with Gasteiger partial charge in [-0.25, -0.2) is 0 Å². The number of fused-ring (bicyclic) bond motifs is 6. The summed E-state index contributed by atoms with van der Waals surface area (Å²) in [6.45, 7) is 0. The topological polar surface area (TPSA) is 42.2 Å². The summed E-state index contributed by atoms with van der Waals surface area (Å²) < 4.78 is 12.4. The molecule has 0 spiro atoms. The van der Waals surface area contributed by atoms with Crippen molar-refractivity contribution in [1.29, 1.82) is 5.26 Å². The number of nitrogens with zero attached hydrogens (tertiary/aromatic N) is 1. The normalized spacial score (nSPS) is 54.8. The van der Waals surface area contributed by atoms with Crippen LogP contribution in [0, 0.1) is 40.9 Å². The SMILES string of the molecule is CO[C@@]12CCCC[C@@H]1[C@]1(OC)C[C@@H](C[C@H]3C[C@H]31)[C@H](C#N)C2. The van der Waals surface area contributed by atoms with Gasteiger partial charge in [0.15, 0.2) is 0 Å². The number of hydrogen-bond acceptors (Lipinski definition) is 3. The zero-order chi connectivity index (χ0) is 14.7. The summed E-state index contributed by atoms with van der Waals surface area (Å²) in [6.07, 6.45) is 9.45. The highest BCUT2D eigenvalue weighted by Gasteiger charge is 2.67. The second-order valence-electron chi connectivity index (χ2n) is 7.97. The minimum absolute atomic E-state index is 0.00435. The molecule has 4 aliphatic rings. The van der Waals surface area contributed by atoms with Crippen LogP contribution >= 0.6 is 0 Å². The molecule has 21 heavy (non-hydrogen) atoms. The minimum atomic E-state index is -0.110. The van der Waals surface area contributed by atoms with E-state index in [0.717, 1.165) is 31.1 Å². The van der Waals surface area contributed by atoms with Crippen molar-refractivity contribution in [2.75, 3.05) is 14.2 Å². The fourth-order valence-electron chi connectivity index (χ4n) is 6.39. The monoisotopic (exact) mass is 289 g/mol. The fraction of sp³-hybridized carbons (Fsp3) is 0.944. The Labute approximate surface area is 128 Å². The Morgan fingerprint density at radius 3 is 2.62 bits per heavy atom. The van der Waals surface area contributed by atoms with E-state index in [4.69, 9.17) is 9.47 Å². The second-order valence-corrected chi connectivity index (χ2v) is 7.97. The second kappa shape index (κ2) is 4.70. The molecular formula is C18H27NO2. The van der Waals surface area contributed by atoms with Crippen molar-refractivity contribution in [2.45, 2.75) is 62.6 Å². The first kappa shape index (κ1) is 14.0. The summed E-state index contributed by atoms with van der Waals surface area (Å²) in [7, 11) is 3.79. The summed E-state index contributed by atoms with van der Waals surface area (Å²) in [4.78, 5) is 0. The molecule has 0 amide bonds. The first-order valence-corrected chi connectivity index (χ1v) is 8.69. The third kappa shape index (κ3) is 1.79. The predicted molar refractivity (Wildman–Crippen MR) is 79.5 cm³/mol. The van der Waals surface area contributed by atoms with Gasteiger partial charge in [-0.15, -0.1) is 0 Å². The van der Waals surface area contributed by atoms with Crippen LogP contribution in [0.5, 0.6) is 0 Å². The Balaban J connectivity index is 1.82. The average Bonchev–Trinajstić information content (AvgIpc) is 3.32. The minimum Gasteiger partial charge on any atom is -0.378 e. The molecule has 4 saturated carbocycles. The van der Waals surface area contributed by atoms with E-state index in [1.807, 2.05) is 14.2 Å². The third-order valence-corrected chi connectivity index (χ3v) is 7.39. The predicted octanol–water partition coefficient (Wildman–Crippen LogP) is 3.54. The van der Waals surface area contributed by atoms with Gasteiger partial charge in [0, 0.05) is 20.1 Å². The largest absolute Gasteiger partial charge is 0.378 e. The third-order valence-electron chi connectivity index (χ3n) is 7.39. The van der Waals surface area contributed by atoms with Crippen molar-refractivity contribution in [3.8, 4) is 6.07 Å². The number of hydrogen-bond donors (Lipinski definition) is 0. The lowest BCUT2D eigenvalue weighted by Gasteiger charge is -2.52. The number of rotatable bonds is 2. The van der Waals surface area contributed by atoms with Crippen LogP contribution in [0.4, 0.5) is 0 Å². The number of ether oxygens (including phenoxy) is 2. The first-order chi connectivity index (χ1) is 10.2. The molecule has 0 aromatic carbocycles. The van der Waals surface area contributed by atoms with Crippen LogP contribution in [0.25, 0.3) is 0 Å². The Hall–Kier alpha value is -0.590. The lowest BCUT2D eigenvalue weighted by Crippen LogP contribution is -2.56. The van der Waals surface area contributed by atoms with E-state index in [1.165, 1.54) is 32.1 Å². The molecule has 4 aliphatic carbocycles. The van der Waals surface area contributed by atoms with Crippen molar-refractivity contribution in [1.82, 2.24) is 0 Å². The molecule has 0 unspecified atom stereocenters. The van der Waals surface area contributed by atoms with E-state index in [2.05, 4.69) is 6.07 Å². The van der Waals surface area contributed by atoms with Gasteiger partial charge in [0.25, 0.3) is 0 Å². The Morgan fingerprint density at radius 1 is 1.05 bits per heavy atom. The molecule has 0 radical (unpaired) electrons. The standard InChI is InChI=1S/C18H27NO2/c1-20-17-6-4-3-5-16(17)18(21-2)10-13(14(9-17)11-19)7-12-8-15(12)18/h12-16H,3-10H2,1-2H3/t12-,13+,14-,15+,16-,17+,18-/m0/s1. The van der Waals surface area contributed by atoms with E-state index in [-0.39, 0.29) is 17.1 Å². The molecule has 3 heteroatoms. The van der Waals surface area contributed by atoms with Crippen LogP contribution in [0.15, 0.2) is 0 Å². The zero-order valence-corrected chi connectivity index (χ0v) is 13.3. The van der Waals surface area contributed by atoms with E-state index < -0.39 is 0 Å². The molecular weight excluding hydrogens is 262 g/mol. The van der Waals surface area contributed by atoms with Gasteiger partial charge in [-0.2, -0.15) is 5.26 Å². The maximum atomic E-state index is 9.74. The van der Waals surface area contributed by atoms with Crippen LogP contribution in [0.1, 0.15) is 51.4 Å². The molecule has 0 heterocycles. The van der Waals surface area contributed by atoms with Crippen LogP contribution in [-0.4, -0.2) is 25.4 Å². The Morgan fingerprint density at radius 2 is 1.90 bits per heavy atom. The molecule has 2 bridgehead atoms. The molecule has 0 saturated heterocycles. The van der Waals surface area contributed by atoms with Crippen LogP contribution in [-0.2, 0) is 9.47 Å². The van der Waals surface area contributed by atoms with Gasteiger partial charge in [0.2, 0.25) is 0 Å². The molecule has 116 valence electrons. The van der Waals surface area contributed by atoms with Crippen molar-refractivity contribution in [2.24, 2.45) is 29.6 Å². The van der Waals surface area contributed by atoms with Crippen LogP contribution in [0.2, 0.25) is 0 Å². The van der Waals surface area contributed by atoms with Crippen molar-refractivity contribution in [3.05, 3.63) is 0 Å². The maximum absolute atomic E-state index is 9.74. The summed E-state index contributed by atoms with van der Waals surface area (Å²) in [6, 6.07) is 2.64. The molecule has 3 nitrogen and oxygen atoms in total. The van der Waals surface area contributed by atoms with E-state index in [1.54, 1.807) is 0 Å². The highest BCUT2D eigenvalue weighted by atomic mass is 16.5. The lowest BCUT2D eigenvalue weighted by molar-refractivity contribution is -0.186. The van der Waals surface area contributed by atoms with Crippen LogP contribution in [0.3, 0.4) is 0 Å². The Kier molecular flexibility index (Phi) is 3.14.